The van der Waals surface area contributed by atoms with Crippen molar-refractivity contribution in [2.75, 3.05) is 6.54 Å². The molecule has 0 aliphatic carbocycles. The van der Waals surface area contributed by atoms with Crippen LogP contribution in [0.3, 0.4) is 0 Å². The highest BCUT2D eigenvalue weighted by molar-refractivity contribution is 7.10. The van der Waals surface area contributed by atoms with Crippen molar-refractivity contribution in [1.82, 2.24) is 14.9 Å². The van der Waals surface area contributed by atoms with Crippen LogP contribution >= 0.6 is 11.3 Å². The first-order valence-electron chi connectivity index (χ1n) is 6.52. The van der Waals surface area contributed by atoms with Crippen molar-refractivity contribution >= 4 is 11.3 Å². The van der Waals surface area contributed by atoms with Gasteiger partial charge in [0.05, 0.1) is 0 Å². The van der Waals surface area contributed by atoms with Gasteiger partial charge < -0.3 is 9.88 Å². The van der Waals surface area contributed by atoms with Crippen molar-refractivity contribution in [3.63, 3.8) is 0 Å². The van der Waals surface area contributed by atoms with E-state index in [1.165, 1.54) is 10.4 Å². The van der Waals surface area contributed by atoms with Gasteiger partial charge >= 0.3 is 0 Å². The molecule has 1 N–H and O–H groups in total. The topological polar surface area (TPSA) is 29.9 Å². The molecule has 18 heavy (non-hydrogen) atoms. The number of nitrogens with one attached hydrogen (secondary N) is 1. The number of thiophene rings is 1. The van der Waals surface area contributed by atoms with Crippen molar-refractivity contribution in [3.05, 3.63) is 40.1 Å². The predicted octanol–water partition coefficient (Wildman–Crippen LogP) is 2.94. The lowest BCUT2D eigenvalue weighted by molar-refractivity contribution is 0.533. The van der Waals surface area contributed by atoms with Crippen molar-refractivity contribution in [2.24, 2.45) is 7.05 Å². The Morgan fingerprint density at radius 2 is 2.28 bits per heavy atom. The van der Waals surface area contributed by atoms with Gasteiger partial charge in [0, 0.05) is 36.8 Å². The van der Waals surface area contributed by atoms with E-state index >= 15 is 0 Å². The normalized spacial score (nSPS) is 12.8. The maximum atomic E-state index is 4.43. The zero-order chi connectivity index (χ0) is 13.0. The van der Waals surface area contributed by atoms with Crippen LogP contribution < -0.4 is 5.32 Å². The van der Waals surface area contributed by atoms with Gasteiger partial charge in [0.15, 0.2) is 0 Å². The minimum atomic E-state index is 0.381. The lowest BCUT2D eigenvalue weighted by Gasteiger charge is -2.18. The number of aromatic nitrogens is 2. The smallest absolute Gasteiger partial charge is 0.110 e. The first kappa shape index (κ1) is 13.3. The fraction of sp³-hybridized carbons (Fsp3) is 0.500. The molecule has 98 valence electrons. The molecule has 3 nitrogen and oxygen atoms in total. The highest BCUT2D eigenvalue weighted by Gasteiger charge is 2.17. The standard InChI is InChI=1S/C14H21N3S/c1-4-11-6-9-18-14(11)12(15-5-2)10-13-16-7-8-17(13)3/h6-9,12,15H,4-5,10H2,1-3H3. The van der Waals surface area contributed by atoms with Crippen LogP contribution in [0.2, 0.25) is 0 Å². The van der Waals surface area contributed by atoms with Gasteiger partial charge in [-0.2, -0.15) is 0 Å². The summed E-state index contributed by atoms with van der Waals surface area (Å²) in [7, 11) is 2.06. The number of nitrogens with zero attached hydrogens (tertiary/aromatic N) is 2. The number of aryl methyl sites for hydroxylation is 2. The van der Waals surface area contributed by atoms with Crippen LogP contribution in [-0.4, -0.2) is 16.1 Å². The van der Waals surface area contributed by atoms with Crippen molar-refractivity contribution in [3.8, 4) is 0 Å². The van der Waals surface area contributed by atoms with Crippen LogP contribution in [0.5, 0.6) is 0 Å². The van der Waals surface area contributed by atoms with Crippen LogP contribution in [-0.2, 0) is 19.9 Å². The molecule has 0 bridgehead atoms. The van der Waals surface area contributed by atoms with Crippen molar-refractivity contribution in [1.29, 1.82) is 0 Å². The van der Waals surface area contributed by atoms with Crippen LogP contribution in [0.4, 0.5) is 0 Å². The molecule has 4 heteroatoms. The fourth-order valence-corrected chi connectivity index (χ4v) is 3.30. The summed E-state index contributed by atoms with van der Waals surface area (Å²) in [5.74, 6) is 1.14. The van der Waals surface area contributed by atoms with Crippen LogP contribution in [0.15, 0.2) is 23.8 Å². The third-order valence-electron chi connectivity index (χ3n) is 3.24. The molecule has 1 unspecified atom stereocenters. The Balaban J connectivity index is 2.21. The Hall–Kier alpha value is -1.13. The maximum absolute atomic E-state index is 4.43. The monoisotopic (exact) mass is 263 g/mol. The Morgan fingerprint density at radius 1 is 1.44 bits per heavy atom. The van der Waals surface area contributed by atoms with E-state index in [2.05, 4.69) is 47.2 Å². The molecular weight excluding hydrogens is 242 g/mol. The second kappa shape index (κ2) is 6.16. The maximum Gasteiger partial charge on any atom is 0.110 e. The van der Waals surface area contributed by atoms with E-state index < -0.39 is 0 Å². The quantitative estimate of drug-likeness (QED) is 0.868. The molecule has 0 aliphatic heterocycles. The van der Waals surface area contributed by atoms with Crippen molar-refractivity contribution in [2.45, 2.75) is 32.7 Å². The van der Waals surface area contributed by atoms with Crippen LogP contribution in [0.1, 0.15) is 36.2 Å². The van der Waals surface area contributed by atoms with Gasteiger partial charge in [-0.15, -0.1) is 11.3 Å². The molecule has 2 aromatic heterocycles. The van der Waals surface area contributed by atoms with Gasteiger partial charge in [0.1, 0.15) is 5.82 Å². The summed E-state index contributed by atoms with van der Waals surface area (Å²) in [5, 5.41) is 5.77. The SMILES string of the molecule is CCNC(Cc1nccn1C)c1sccc1CC. The van der Waals surface area contributed by atoms with E-state index in [-0.39, 0.29) is 0 Å². The highest BCUT2D eigenvalue weighted by Crippen LogP contribution is 2.27. The van der Waals surface area contributed by atoms with Crippen molar-refractivity contribution < 1.29 is 0 Å². The third kappa shape index (κ3) is 2.82. The van der Waals surface area contributed by atoms with E-state index in [1.807, 2.05) is 23.7 Å². The molecular formula is C14H21N3S. The van der Waals surface area contributed by atoms with Gasteiger partial charge in [-0.25, -0.2) is 4.98 Å². The lowest BCUT2D eigenvalue weighted by atomic mass is 10.1. The van der Waals surface area contributed by atoms with Crippen LogP contribution in [0, 0.1) is 0 Å². The average molecular weight is 263 g/mol. The Labute approximate surface area is 113 Å². The zero-order valence-corrected chi connectivity index (χ0v) is 12.1. The number of likely N-dealkylation sites (N-methyl/N-ethyl adjacent to an activating group) is 1. The number of hydrogen-bond donors (Lipinski definition) is 1. The van der Waals surface area contributed by atoms with Crippen LogP contribution in [0.25, 0.3) is 0 Å². The van der Waals surface area contributed by atoms with Gasteiger partial charge in [0.25, 0.3) is 0 Å². The summed E-state index contributed by atoms with van der Waals surface area (Å²) in [5.41, 5.74) is 1.46. The largest absolute Gasteiger partial charge is 0.338 e. The molecule has 0 aromatic carbocycles. The number of rotatable bonds is 6. The van der Waals surface area contributed by atoms with E-state index in [9.17, 15) is 0 Å². The highest BCUT2D eigenvalue weighted by atomic mass is 32.1. The predicted molar refractivity (Wildman–Crippen MR) is 77.0 cm³/mol. The first-order valence-corrected chi connectivity index (χ1v) is 7.40. The molecule has 0 saturated heterocycles. The summed E-state index contributed by atoms with van der Waals surface area (Å²) in [6, 6.07) is 2.62. The molecule has 0 amide bonds. The summed E-state index contributed by atoms with van der Waals surface area (Å²) >= 11 is 1.85. The summed E-state index contributed by atoms with van der Waals surface area (Å²) < 4.78 is 2.10. The minimum Gasteiger partial charge on any atom is -0.338 e. The molecule has 2 aromatic rings. The second-order valence-electron chi connectivity index (χ2n) is 4.43. The zero-order valence-electron chi connectivity index (χ0n) is 11.3. The summed E-state index contributed by atoms with van der Waals surface area (Å²) in [4.78, 5) is 5.89. The fourth-order valence-electron chi connectivity index (χ4n) is 2.22. The van der Waals surface area contributed by atoms with Gasteiger partial charge in [-0.05, 0) is 30.0 Å². The summed E-state index contributed by atoms with van der Waals surface area (Å²) in [6.07, 6.45) is 5.92. The molecule has 1 atom stereocenters. The number of imidazole rings is 1. The van der Waals surface area contributed by atoms with Gasteiger partial charge in [-0.1, -0.05) is 13.8 Å². The molecule has 0 spiro atoms. The Bertz CT molecular complexity index is 487. The van der Waals surface area contributed by atoms with Gasteiger partial charge in [-0.3, -0.25) is 0 Å². The second-order valence-corrected chi connectivity index (χ2v) is 5.38. The first-order chi connectivity index (χ1) is 8.76. The third-order valence-corrected chi connectivity index (χ3v) is 4.31. The molecule has 0 fully saturated rings. The van der Waals surface area contributed by atoms with E-state index in [0.29, 0.717) is 6.04 Å². The number of hydrogen-bond acceptors (Lipinski definition) is 3. The molecule has 0 aliphatic rings. The molecule has 2 heterocycles. The average Bonchev–Trinajstić information content (AvgIpc) is 2.98. The van der Waals surface area contributed by atoms with Gasteiger partial charge in [0.2, 0.25) is 0 Å². The molecule has 0 saturated carbocycles. The van der Waals surface area contributed by atoms with E-state index in [0.717, 1.165) is 25.2 Å². The lowest BCUT2D eigenvalue weighted by Crippen LogP contribution is -2.24. The molecule has 2 rings (SSSR count). The van der Waals surface area contributed by atoms with E-state index in [1.54, 1.807) is 0 Å². The Kier molecular flexibility index (Phi) is 4.55. The molecule has 0 radical (unpaired) electrons. The Morgan fingerprint density at radius 3 is 2.89 bits per heavy atom. The minimum absolute atomic E-state index is 0.381. The summed E-state index contributed by atoms with van der Waals surface area (Å²) in [6.45, 7) is 5.36. The van der Waals surface area contributed by atoms with E-state index in [4.69, 9.17) is 0 Å².